The zero-order chi connectivity index (χ0) is 21.8. The van der Waals surface area contributed by atoms with Crippen molar-refractivity contribution in [3.63, 3.8) is 0 Å². The highest BCUT2D eigenvalue weighted by Crippen LogP contribution is 2.21. The first kappa shape index (κ1) is 20.6. The van der Waals surface area contributed by atoms with Crippen LogP contribution >= 0.6 is 0 Å². The van der Waals surface area contributed by atoms with Gasteiger partial charge in [-0.3, -0.25) is 4.79 Å². The SMILES string of the molecule is COc1ncccc1C(=O)N1CCN(c2nc(C)cc(Nc3ccc(C)cc3)n2)CC1. The molecule has 0 atom stereocenters. The van der Waals surface area contributed by atoms with Crippen molar-refractivity contribution in [2.75, 3.05) is 43.5 Å². The molecule has 160 valence electrons. The Balaban J connectivity index is 1.44. The summed E-state index contributed by atoms with van der Waals surface area (Å²) in [4.78, 5) is 30.3. The molecule has 3 heterocycles. The summed E-state index contributed by atoms with van der Waals surface area (Å²) in [6, 6.07) is 13.6. The second kappa shape index (κ2) is 8.99. The van der Waals surface area contributed by atoms with Gasteiger partial charge in [-0.2, -0.15) is 4.98 Å². The Bertz CT molecular complexity index is 1060. The average molecular weight is 419 g/mol. The standard InChI is InChI=1S/C23H26N6O2/c1-16-6-8-18(9-7-16)26-20-15-17(2)25-23(27-20)29-13-11-28(12-14-29)22(30)19-5-4-10-24-21(19)31-3/h4-10,15H,11-14H2,1-3H3,(H,25,26,27). The van der Waals surface area contributed by atoms with E-state index in [1.807, 2.05) is 30.0 Å². The minimum atomic E-state index is -0.0727. The van der Waals surface area contributed by atoms with E-state index >= 15 is 0 Å². The van der Waals surface area contributed by atoms with Gasteiger partial charge in [-0.1, -0.05) is 17.7 Å². The number of aromatic nitrogens is 3. The van der Waals surface area contributed by atoms with Crippen molar-refractivity contribution in [1.82, 2.24) is 19.9 Å². The molecule has 4 rings (SSSR count). The van der Waals surface area contributed by atoms with Crippen LogP contribution in [0.3, 0.4) is 0 Å². The Kier molecular flexibility index (Phi) is 5.97. The van der Waals surface area contributed by atoms with Gasteiger partial charge in [-0.25, -0.2) is 9.97 Å². The fourth-order valence-electron chi connectivity index (χ4n) is 3.54. The molecule has 1 saturated heterocycles. The summed E-state index contributed by atoms with van der Waals surface area (Å²) in [5.41, 5.74) is 3.56. The Morgan fingerprint density at radius 2 is 1.77 bits per heavy atom. The molecular weight excluding hydrogens is 392 g/mol. The number of hydrogen-bond donors (Lipinski definition) is 1. The van der Waals surface area contributed by atoms with E-state index in [1.54, 1.807) is 18.3 Å². The molecule has 1 aromatic carbocycles. The van der Waals surface area contributed by atoms with Crippen molar-refractivity contribution in [1.29, 1.82) is 0 Å². The molecule has 1 fully saturated rings. The fraction of sp³-hybridized carbons (Fsp3) is 0.304. The molecule has 1 aliphatic rings. The summed E-state index contributed by atoms with van der Waals surface area (Å²) in [5.74, 6) is 1.70. The molecule has 0 spiro atoms. The summed E-state index contributed by atoms with van der Waals surface area (Å²) < 4.78 is 5.23. The Morgan fingerprint density at radius 1 is 1.03 bits per heavy atom. The third-order valence-electron chi connectivity index (χ3n) is 5.21. The van der Waals surface area contributed by atoms with Gasteiger partial charge >= 0.3 is 0 Å². The minimum absolute atomic E-state index is 0.0727. The van der Waals surface area contributed by atoms with Crippen LogP contribution in [-0.4, -0.2) is 59.0 Å². The number of anilines is 3. The van der Waals surface area contributed by atoms with Crippen LogP contribution in [0.2, 0.25) is 0 Å². The van der Waals surface area contributed by atoms with E-state index < -0.39 is 0 Å². The van der Waals surface area contributed by atoms with E-state index in [4.69, 9.17) is 9.72 Å². The maximum atomic E-state index is 12.9. The molecular formula is C23H26N6O2. The largest absolute Gasteiger partial charge is 0.480 e. The monoisotopic (exact) mass is 418 g/mol. The molecule has 0 bridgehead atoms. The van der Waals surface area contributed by atoms with Gasteiger partial charge in [-0.05, 0) is 38.1 Å². The molecule has 0 unspecified atom stereocenters. The number of ether oxygens (including phenoxy) is 1. The van der Waals surface area contributed by atoms with Crippen molar-refractivity contribution >= 4 is 23.4 Å². The molecule has 3 aromatic rings. The summed E-state index contributed by atoms with van der Waals surface area (Å²) in [6.45, 7) is 6.48. The summed E-state index contributed by atoms with van der Waals surface area (Å²) >= 11 is 0. The lowest BCUT2D eigenvalue weighted by Gasteiger charge is -2.35. The van der Waals surface area contributed by atoms with Crippen LogP contribution in [0.1, 0.15) is 21.6 Å². The van der Waals surface area contributed by atoms with Gasteiger partial charge in [0.2, 0.25) is 11.8 Å². The summed E-state index contributed by atoms with van der Waals surface area (Å²) in [5, 5.41) is 3.35. The number of carbonyl (C=O) groups excluding carboxylic acids is 1. The number of aryl methyl sites for hydroxylation is 2. The molecule has 1 aliphatic heterocycles. The minimum Gasteiger partial charge on any atom is -0.480 e. The quantitative estimate of drug-likeness (QED) is 0.681. The normalized spacial score (nSPS) is 13.8. The number of nitrogens with zero attached hydrogens (tertiary/aromatic N) is 5. The highest BCUT2D eigenvalue weighted by atomic mass is 16.5. The van der Waals surface area contributed by atoms with Gasteiger partial charge < -0.3 is 19.9 Å². The van der Waals surface area contributed by atoms with E-state index in [-0.39, 0.29) is 5.91 Å². The smallest absolute Gasteiger partial charge is 0.259 e. The number of hydrogen-bond acceptors (Lipinski definition) is 7. The predicted molar refractivity (Wildman–Crippen MR) is 120 cm³/mol. The highest BCUT2D eigenvalue weighted by molar-refractivity contribution is 5.96. The van der Waals surface area contributed by atoms with Gasteiger partial charge in [0.15, 0.2) is 0 Å². The van der Waals surface area contributed by atoms with Crippen LogP contribution in [-0.2, 0) is 0 Å². The summed E-state index contributed by atoms with van der Waals surface area (Å²) in [6.07, 6.45) is 1.62. The number of pyridine rings is 1. The fourth-order valence-corrected chi connectivity index (χ4v) is 3.54. The Labute approximate surface area is 181 Å². The summed E-state index contributed by atoms with van der Waals surface area (Å²) in [7, 11) is 1.52. The lowest BCUT2D eigenvalue weighted by Crippen LogP contribution is -2.49. The van der Waals surface area contributed by atoms with Crippen molar-refractivity contribution in [2.45, 2.75) is 13.8 Å². The average Bonchev–Trinajstić information content (AvgIpc) is 2.80. The molecule has 1 N–H and O–H groups in total. The number of benzene rings is 1. The molecule has 31 heavy (non-hydrogen) atoms. The first-order valence-electron chi connectivity index (χ1n) is 10.3. The number of piperazine rings is 1. The number of amides is 1. The zero-order valence-corrected chi connectivity index (χ0v) is 18.0. The lowest BCUT2D eigenvalue weighted by molar-refractivity contribution is 0.0742. The van der Waals surface area contributed by atoms with Crippen LogP contribution in [0.4, 0.5) is 17.5 Å². The van der Waals surface area contributed by atoms with Crippen molar-refractivity contribution < 1.29 is 9.53 Å². The van der Waals surface area contributed by atoms with E-state index in [0.717, 1.165) is 17.2 Å². The lowest BCUT2D eigenvalue weighted by atomic mass is 10.2. The third kappa shape index (κ3) is 4.74. The molecule has 8 heteroatoms. The van der Waals surface area contributed by atoms with E-state index in [2.05, 4.69) is 39.2 Å². The second-order valence-electron chi connectivity index (χ2n) is 7.53. The molecule has 0 aliphatic carbocycles. The van der Waals surface area contributed by atoms with Crippen LogP contribution in [0.5, 0.6) is 5.88 Å². The number of carbonyl (C=O) groups is 1. The van der Waals surface area contributed by atoms with Crippen LogP contribution in [0.15, 0.2) is 48.7 Å². The second-order valence-corrected chi connectivity index (χ2v) is 7.53. The van der Waals surface area contributed by atoms with Gasteiger partial charge in [0.25, 0.3) is 5.91 Å². The van der Waals surface area contributed by atoms with Gasteiger partial charge in [0.1, 0.15) is 11.4 Å². The maximum absolute atomic E-state index is 12.9. The first-order chi connectivity index (χ1) is 15.0. The van der Waals surface area contributed by atoms with E-state index in [0.29, 0.717) is 43.6 Å². The molecule has 8 nitrogen and oxygen atoms in total. The van der Waals surface area contributed by atoms with Crippen LogP contribution < -0.4 is 15.0 Å². The van der Waals surface area contributed by atoms with Crippen LogP contribution in [0, 0.1) is 13.8 Å². The van der Waals surface area contributed by atoms with Crippen molar-refractivity contribution in [3.8, 4) is 5.88 Å². The van der Waals surface area contributed by atoms with Gasteiger partial charge in [0, 0.05) is 49.8 Å². The number of nitrogens with one attached hydrogen (secondary N) is 1. The van der Waals surface area contributed by atoms with Crippen molar-refractivity contribution in [2.24, 2.45) is 0 Å². The molecule has 0 saturated carbocycles. The Hall–Kier alpha value is -3.68. The highest BCUT2D eigenvalue weighted by Gasteiger charge is 2.26. The third-order valence-corrected chi connectivity index (χ3v) is 5.21. The Morgan fingerprint density at radius 3 is 2.48 bits per heavy atom. The number of rotatable bonds is 5. The maximum Gasteiger partial charge on any atom is 0.259 e. The van der Waals surface area contributed by atoms with E-state index in [9.17, 15) is 4.79 Å². The molecule has 1 amide bonds. The topological polar surface area (TPSA) is 83.5 Å². The van der Waals surface area contributed by atoms with Gasteiger partial charge in [0.05, 0.1) is 7.11 Å². The zero-order valence-electron chi connectivity index (χ0n) is 18.0. The molecule has 0 radical (unpaired) electrons. The first-order valence-corrected chi connectivity index (χ1v) is 10.3. The van der Waals surface area contributed by atoms with Crippen LogP contribution in [0.25, 0.3) is 0 Å². The predicted octanol–water partition coefficient (Wildman–Crippen LogP) is 3.20. The molecule has 2 aromatic heterocycles. The number of methoxy groups -OCH3 is 1. The van der Waals surface area contributed by atoms with Crippen molar-refractivity contribution in [3.05, 3.63) is 65.5 Å². The van der Waals surface area contributed by atoms with Gasteiger partial charge in [-0.15, -0.1) is 0 Å². The van der Waals surface area contributed by atoms with E-state index in [1.165, 1.54) is 12.7 Å².